The van der Waals surface area contributed by atoms with E-state index in [0.29, 0.717) is 6.42 Å². The van der Waals surface area contributed by atoms with Crippen molar-refractivity contribution in [1.82, 2.24) is 4.90 Å². The maximum absolute atomic E-state index is 8.44. The molecule has 0 aromatic carbocycles. The Hall–Kier alpha value is -1.04. The van der Waals surface area contributed by atoms with E-state index < -0.39 is 0 Å². The molecular formula is C7H12N3+. The van der Waals surface area contributed by atoms with Gasteiger partial charge in [0, 0.05) is 0 Å². The first-order valence-electron chi connectivity index (χ1n) is 3.40. The number of nitrogens with zero attached hydrogens (tertiary/aromatic N) is 3. The molecule has 1 aliphatic rings. The van der Waals surface area contributed by atoms with E-state index in [0.717, 1.165) is 18.9 Å². The lowest BCUT2D eigenvalue weighted by atomic mass is 10.4. The maximum atomic E-state index is 8.44. The van der Waals surface area contributed by atoms with Crippen molar-refractivity contribution in [2.45, 2.75) is 6.42 Å². The van der Waals surface area contributed by atoms with Gasteiger partial charge in [0.2, 0.25) is 0 Å². The number of hydrogen-bond donors (Lipinski definition) is 0. The van der Waals surface area contributed by atoms with Gasteiger partial charge in [-0.15, -0.1) is 0 Å². The first-order valence-corrected chi connectivity index (χ1v) is 3.40. The second kappa shape index (κ2) is 2.70. The molecule has 0 aromatic heterocycles. The highest BCUT2D eigenvalue weighted by Gasteiger charge is 2.23. The van der Waals surface area contributed by atoms with E-state index in [1.807, 2.05) is 14.1 Å². The van der Waals surface area contributed by atoms with Crippen LogP contribution >= 0.6 is 0 Å². The summed E-state index contributed by atoms with van der Waals surface area (Å²) in [4.78, 5) is 2.13. The molecule has 54 valence electrons. The number of rotatable bonds is 1. The molecule has 0 N–H and O–H groups in total. The van der Waals surface area contributed by atoms with Crippen molar-refractivity contribution in [3.8, 4) is 6.07 Å². The number of likely N-dealkylation sites (N-methyl/N-ethyl adjacent to an activating group) is 2. The fourth-order valence-electron chi connectivity index (χ4n) is 1.19. The molecule has 0 saturated heterocycles. The SMILES string of the molecule is CN1CC[N+](C)=C1CC#N. The summed E-state index contributed by atoms with van der Waals surface area (Å²) in [6.45, 7) is 2.10. The Bertz CT molecular complexity index is 199. The van der Waals surface area contributed by atoms with Crippen molar-refractivity contribution in [2.24, 2.45) is 0 Å². The molecule has 1 heterocycles. The molecule has 0 amide bonds. The smallest absolute Gasteiger partial charge is 0.261 e. The summed E-state index contributed by atoms with van der Waals surface area (Å²) in [6, 6.07) is 2.15. The maximum Gasteiger partial charge on any atom is 0.261 e. The van der Waals surface area contributed by atoms with Crippen LogP contribution in [0.2, 0.25) is 0 Å². The van der Waals surface area contributed by atoms with Crippen molar-refractivity contribution in [2.75, 3.05) is 27.2 Å². The lowest BCUT2D eigenvalue weighted by Gasteiger charge is -2.01. The highest BCUT2D eigenvalue weighted by molar-refractivity contribution is 5.80. The highest BCUT2D eigenvalue weighted by atomic mass is 15.3. The molecule has 0 bridgehead atoms. The van der Waals surface area contributed by atoms with E-state index in [9.17, 15) is 0 Å². The van der Waals surface area contributed by atoms with Crippen molar-refractivity contribution >= 4 is 5.84 Å². The normalized spacial score (nSPS) is 17.9. The third-order valence-electron chi connectivity index (χ3n) is 1.89. The largest absolute Gasteiger partial charge is 0.263 e. The van der Waals surface area contributed by atoms with Crippen LogP contribution in [0, 0.1) is 11.3 Å². The van der Waals surface area contributed by atoms with Crippen molar-refractivity contribution < 1.29 is 4.58 Å². The quantitative estimate of drug-likeness (QED) is 0.473. The van der Waals surface area contributed by atoms with Gasteiger partial charge in [-0.1, -0.05) is 0 Å². The zero-order valence-electron chi connectivity index (χ0n) is 6.46. The van der Waals surface area contributed by atoms with Crippen LogP contribution in [0.4, 0.5) is 0 Å². The Balaban J connectivity index is 2.70. The summed E-state index contributed by atoms with van der Waals surface area (Å²) in [5.41, 5.74) is 0. The minimum atomic E-state index is 0.535. The van der Waals surface area contributed by atoms with Gasteiger partial charge >= 0.3 is 0 Å². The molecule has 0 aromatic rings. The van der Waals surface area contributed by atoms with Gasteiger partial charge in [-0.25, -0.2) is 0 Å². The van der Waals surface area contributed by atoms with Crippen LogP contribution in [0.25, 0.3) is 0 Å². The van der Waals surface area contributed by atoms with Gasteiger partial charge in [-0.05, 0) is 0 Å². The highest BCUT2D eigenvalue weighted by Crippen LogP contribution is 1.99. The van der Waals surface area contributed by atoms with Gasteiger partial charge in [0.15, 0.2) is 0 Å². The fourth-order valence-corrected chi connectivity index (χ4v) is 1.19. The molecule has 0 atom stereocenters. The molecular weight excluding hydrogens is 126 g/mol. The Labute approximate surface area is 61.2 Å². The Kier molecular flexibility index (Phi) is 1.91. The van der Waals surface area contributed by atoms with Gasteiger partial charge in [0.1, 0.15) is 19.5 Å². The van der Waals surface area contributed by atoms with Crippen molar-refractivity contribution in [1.29, 1.82) is 5.26 Å². The second-order valence-electron chi connectivity index (χ2n) is 2.59. The zero-order chi connectivity index (χ0) is 7.56. The predicted molar refractivity (Wildman–Crippen MR) is 38.9 cm³/mol. The first-order chi connectivity index (χ1) is 4.75. The molecule has 1 aliphatic heterocycles. The number of nitriles is 1. The summed E-state index contributed by atoms with van der Waals surface area (Å²) < 4.78 is 2.13. The first kappa shape index (κ1) is 7.07. The summed E-state index contributed by atoms with van der Waals surface area (Å²) in [5.74, 6) is 1.14. The van der Waals surface area contributed by atoms with Gasteiger partial charge < -0.3 is 0 Å². The van der Waals surface area contributed by atoms with Crippen LogP contribution in [0.15, 0.2) is 0 Å². The summed E-state index contributed by atoms with van der Waals surface area (Å²) in [7, 11) is 4.05. The van der Waals surface area contributed by atoms with E-state index in [1.54, 1.807) is 0 Å². The monoisotopic (exact) mass is 138 g/mol. The molecule has 0 unspecified atom stereocenters. The van der Waals surface area contributed by atoms with E-state index >= 15 is 0 Å². The summed E-state index contributed by atoms with van der Waals surface area (Å²) >= 11 is 0. The Morgan fingerprint density at radius 2 is 2.50 bits per heavy atom. The molecule has 0 saturated carbocycles. The van der Waals surface area contributed by atoms with Crippen LogP contribution in [0.1, 0.15) is 6.42 Å². The minimum absolute atomic E-state index is 0.535. The van der Waals surface area contributed by atoms with Crippen LogP contribution < -0.4 is 0 Å². The van der Waals surface area contributed by atoms with Gasteiger partial charge in [-0.3, -0.25) is 9.48 Å². The summed E-state index contributed by atoms with van der Waals surface area (Å²) in [5, 5.41) is 8.44. The van der Waals surface area contributed by atoms with Gasteiger partial charge in [0.05, 0.1) is 20.2 Å². The molecule has 10 heavy (non-hydrogen) atoms. The molecule has 0 spiro atoms. The van der Waals surface area contributed by atoms with Crippen LogP contribution in [-0.2, 0) is 0 Å². The van der Waals surface area contributed by atoms with Gasteiger partial charge in [-0.2, -0.15) is 5.26 Å². The van der Waals surface area contributed by atoms with E-state index in [-0.39, 0.29) is 0 Å². The van der Waals surface area contributed by atoms with E-state index in [2.05, 4.69) is 15.5 Å². The fraction of sp³-hybridized carbons (Fsp3) is 0.714. The standard InChI is InChI=1S/C7H12N3/c1-9-5-6-10(2)7(9)3-4-8/h3,5-6H2,1-2H3/q+1. The number of amidine groups is 1. The van der Waals surface area contributed by atoms with Crippen LogP contribution in [-0.4, -0.2) is 42.5 Å². The Morgan fingerprint density at radius 3 is 2.90 bits per heavy atom. The second-order valence-corrected chi connectivity index (χ2v) is 2.59. The van der Waals surface area contributed by atoms with Crippen LogP contribution in [0.3, 0.4) is 0 Å². The number of hydrogen-bond acceptors (Lipinski definition) is 2. The van der Waals surface area contributed by atoms with Crippen LogP contribution in [0.5, 0.6) is 0 Å². The molecule has 0 radical (unpaired) electrons. The van der Waals surface area contributed by atoms with E-state index in [4.69, 9.17) is 5.26 Å². The molecule has 3 nitrogen and oxygen atoms in total. The average Bonchev–Trinajstić information content (AvgIpc) is 2.20. The third kappa shape index (κ3) is 1.10. The topological polar surface area (TPSA) is 30.0 Å². The molecule has 1 rings (SSSR count). The summed E-state index contributed by atoms with van der Waals surface area (Å²) in [6.07, 6.45) is 0.535. The van der Waals surface area contributed by atoms with Crippen molar-refractivity contribution in [3.05, 3.63) is 0 Å². The Morgan fingerprint density at radius 1 is 1.80 bits per heavy atom. The zero-order valence-corrected chi connectivity index (χ0v) is 6.46. The molecule has 0 fully saturated rings. The van der Waals surface area contributed by atoms with Gasteiger partial charge in [0.25, 0.3) is 5.84 Å². The predicted octanol–water partition coefficient (Wildman–Crippen LogP) is -0.114. The molecule has 3 heteroatoms. The minimum Gasteiger partial charge on any atom is -0.263 e. The van der Waals surface area contributed by atoms with Crippen molar-refractivity contribution in [3.63, 3.8) is 0 Å². The average molecular weight is 138 g/mol. The van der Waals surface area contributed by atoms with E-state index in [1.165, 1.54) is 0 Å². The lowest BCUT2D eigenvalue weighted by molar-refractivity contribution is -0.487. The lowest BCUT2D eigenvalue weighted by Crippen LogP contribution is -2.23. The third-order valence-corrected chi connectivity index (χ3v) is 1.89. The molecule has 0 aliphatic carbocycles.